The quantitative estimate of drug-likeness (QED) is 0.149. The van der Waals surface area contributed by atoms with Gasteiger partial charge in [0.05, 0.1) is 0 Å². The topological polar surface area (TPSA) is 36.9 Å². The minimum atomic E-state index is -0.0332. The van der Waals surface area contributed by atoms with E-state index in [2.05, 4.69) is 251 Å². The molecule has 0 aliphatic heterocycles. The Labute approximate surface area is 404 Å². The van der Waals surface area contributed by atoms with Gasteiger partial charge in [0.25, 0.3) is 0 Å². The molecule has 336 valence electrons. The Morgan fingerprint density at radius 1 is 0.582 bits per heavy atom. The fourth-order valence-corrected chi connectivity index (χ4v) is 11.3. The van der Waals surface area contributed by atoms with Crippen molar-refractivity contribution in [2.24, 2.45) is 0 Å². The second-order valence-corrected chi connectivity index (χ2v) is 21.2. The number of fused-ring (bicyclic) bond motifs is 5. The van der Waals surface area contributed by atoms with Crippen molar-refractivity contribution in [3.8, 4) is 45.3 Å². The predicted molar refractivity (Wildman–Crippen MR) is 271 cm³/mol. The maximum absolute atomic E-state index is 6.88. The molecule has 10 aromatic rings. The molecule has 0 radical (unpaired) electrons. The van der Waals surface area contributed by atoms with E-state index in [1.165, 1.54) is 61.1 Å². The maximum atomic E-state index is 6.88. The van der Waals surface area contributed by atoms with E-state index in [1.54, 1.807) is 0 Å². The van der Waals surface area contributed by atoms with Gasteiger partial charge in [-0.2, -0.15) is 0 Å². The van der Waals surface area contributed by atoms with Crippen LogP contribution in [-0.2, 0) is 30.2 Å². The summed E-state index contributed by atoms with van der Waals surface area (Å²) >= 11 is 2.58. The molecule has 5 nitrogen and oxygen atoms in total. The van der Waals surface area contributed by atoms with Crippen molar-refractivity contribution in [1.82, 2.24) is 18.7 Å². The molecule has 6 heteroatoms. The zero-order valence-corrected chi connectivity index (χ0v) is 41.4. The van der Waals surface area contributed by atoms with Crippen LogP contribution in [0.4, 0.5) is 0 Å². The van der Waals surface area contributed by atoms with E-state index in [0.29, 0.717) is 17.4 Å². The molecule has 0 N–H and O–H groups in total. The van der Waals surface area contributed by atoms with Gasteiger partial charge in [-0.15, -0.1) is 0 Å². The van der Waals surface area contributed by atoms with Gasteiger partial charge < -0.3 is 0 Å². The van der Waals surface area contributed by atoms with Gasteiger partial charge in [-0.3, -0.25) is 0 Å². The van der Waals surface area contributed by atoms with Crippen molar-refractivity contribution in [3.05, 3.63) is 202 Å². The third-order valence-electron chi connectivity index (χ3n) is 13.8. The molecule has 2 unspecified atom stereocenters. The van der Waals surface area contributed by atoms with E-state index >= 15 is 0 Å². The Hall–Kier alpha value is -6.55. The Kier molecular flexibility index (Phi) is 10.7. The monoisotopic (exact) mass is 1050 g/mol. The molecule has 11 rings (SSSR count). The normalized spacial score (nSPS) is 15.4. The van der Waals surface area contributed by atoms with Crippen LogP contribution < -0.4 is 4.74 Å². The van der Waals surface area contributed by atoms with Crippen LogP contribution >= 0.6 is 0 Å². The number of hydrogen-bond acceptors (Lipinski definition) is 2. The van der Waals surface area contributed by atoms with E-state index in [-0.39, 0.29) is 16.9 Å². The molecule has 67 heavy (non-hydrogen) atoms. The number of imidazole rings is 1. The first-order chi connectivity index (χ1) is 32.3. The Bertz CT molecular complexity index is 3510. The van der Waals surface area contributed by atoms with Crippen LogP contribution in [0, 0.1) is 15.9 Å². The van der Waals surface area contributed by atoms with Crippen molar-refractivity contribution < 1.29 is 24.1 Å². The first-order valence-corrected chi connectivity index (χ1v) is 24.6. The van der Waals surface area contributed by atoms with Crippen molar-refractivity contribution >= 4 is 32.8 Å². The van der Waals surface area contributed by atoms with Crippen LogP contribution in [0.2, 0.25) is 0 Å². The number of pyridine rings is 1. The minimum absolute atomic E-state index is 0.000466. The summed E-state index contributed by atoms with van der Waals surface area (Å²) in [6.07, 6.45) is 3.98. The van der Waals surface area contributed by atoms with Gasteiger partial charge in [-0.25, -0.2) is 4.98 Å². The molecule has 0 saturated heterocycles. The van der Waals surface area contributed by atoms with Gasteiger partial charge in [0.15, 0.2) is 0 Å². The average molecular weight is 1050 g/mol. The van der Waals surface area contributed by atoms with Crippen molar-refractivity contribution in [2.75, 3.05) is 0 Å². The Morgan fingerprint density at radius 2 is 1.21 bits per heavy atom. The molecule has 3 heterocycles. The molecule has 2 atom stereocenters. The van der Waals surface area contributed by atoms with Crippen LogP contribution in [0.25, 0.3) is 66.6 Å². The van der Waals surface area contributed by atoms with Gasteiger partial charge in [-0.1, -0.05) is 53.7 Å². The number of hydrogen-bond donors (Lipinski definition) is 0. The summed E-state index contributed by atoms with van der Waals surface area (Å²) in [6, 6.07) is 64.6. The first kappa shape index (κ1) is 43.0. The summed E-state index contributed by atoms with van der Waals surface area (Å²) in [4.78, 5) is 4.95. The molecule has 1 aliphatic carbocycles. The van der Waals surface area contributed by atoms with Crippen molar-refractivity contribution in [2.45, 2.75) is 84.1 Å². The molecule has 0 saturated carbocycles. The van der Waals surface area contributed by atoms with E-state index in [0.717, 1.165) is 44.4 Å². The summed E-state index contributed by atoms with van der Waals surface area (Å²) in [6.45, 7) is 15.9. The van der Waals surface area contributed by atoms with Crippen molar-refractivity contribution in [1.29, 1.82) is 0 Å². The Balaban J connectivity index is 1.05. The van der Waals surface area contributed by atoms with E-state index in [9.17, 15) is 0 Å². The van der Waals surface area contributed by atoms with Crippen LogP contribution in [0.3, 0.4) is 0 Å². The van der Waals surface area contributed by atoms with Crippen LogP contribution in [0.1, 0.15) is 95.5 Å². The molecular weight excluding hydrogens is 1000 g/mol. The second kappa shape index (κ2) is 16.6. The summed E-state index contributed by atoms with van der Waals surface area (Å²) in [5, 5.41) is 2.30. The molecule has 7 aromatic carbocycles. The van der Waals surface area contributed by atoms with Gasteiger partial charge in [0.1, 0.15) is 0 Å². The molecule has 1 aliphatic rings. The molecule has 0 spiro atoms. The summed E-state index contributed by atoms with van der Waals surface area (Å²) in [5.74, 6) is 2.58. The van der Waals surface area contributed by atoms with Gasteiger partial charge in [0, 0.05) is 6.20 Å². The number of nitrogens with zero attached hydrogens (tertiary/aromatic N) is 4. The standard InChI is InChI=1S/C61H54N4O.Pt/c1-40-25-31-53(63-39-64(56-24-15-14-23-55(56)63)59-48(41-17-10-8-11-18-41)21-16-22-49(59)42-19-12-9-13-20-42)52-37-45(27-29-47(40)52)66-46-28-30-50-51-35-43(60(2,3)4)26-32-54(51)65(57(50)38-46)58-36-44(33-34-62-58)61(5,6)7;/h8-24,26-30,32-36,40,53H,25,31H2,1-7H3;/q-2;. The van der Waals surface area contributed by atoms with Crippen LogP contribution in [0.15, 0.2) is 164 Å². The third-order valence-corrected chi connectivity index (χ3v) is 14.8. The van der Waals surface area contributed by atoms with Crippen molar-refractivity contribution in [3.63, 3.8) is 0 Å². The number of rotatable bonds is 7. The summed E-state index contributed by atoms with van der Waals surface area (Å²) < 4.78 is 15.3. The van der Waals surface area contributed by atoms with E-state index in [1.807, 2.05) is 6.20 Å². The van der Waals surface area contributed by atoms with Gasteiger partial charge >= 0.3 is 302 Å². The average Bonchev–Trinajstić information content (AvgIpc) is 3.81. The summed E-state index contributed by atoms with van der Waals surface area (Å²) in [5.41, 5.74) is 15.3. The number of para-hydroxylation sites is 3. The van der Waals surface area contributed by atoms with Crippen LogP contribution in [-0.4, -0.2) is 18.7 Å². The first-order valence-electron chi connectivity index (χ1n) is 23.5. The predicted octanol–water partition coefficient (Wildman–Crippen LogP) is 15.8. The zero-order valence-electron chi connectivity index (χ0n) is 39.2. The fraction of sp³-hybridized carbons (Fsp3) is 0.213. The van der Waals surface area contributed by atoms with E-state index in [4.69, 9.17) is 9.72 Å². The number of aromatic nitrogens is 4. The number of ether oxygens (including phenoxy) is 1. The third kappa shape index (κ3) is 7.62. The zero-order chi connectivity index (χ0) is 46.2. The SMILES string of the molecule is CC1CCC(n2[c](=[Pt])n(-c3c(-c4ccccc4)cccc3-c3ccccc3)c3ccccc32)c2[c-]c(Oc3[c-]c4c(cc3)c3cc(C(C)(C)C)ccc3n4-c3cc(C(C)(C)C)ccn3)ccc21. The molecule has 3 aromatic heterocycles. The number of benzene rings is 7. The molecule has 0 amide bonds. The molecule has 0 bridgehead atoms. The second-order valence-electron chi connectivity index (χ2n) is 20.2. The fourth-order valence-electron chi connectivity index (χ4n) is 10.2. The van der Waals surface area contributed by atoms with Gasteiger partial charge in [-0.05, 0) is 40.2 Å². The summed E-state index contributed by atoms with van der Waals surface area (Å²) in [7, 11) is 0. The van der Waals surface area contributed by atoms with Gasteiger partial charge in [0.2, 0.25) is 0 Å². The van der Waals surface area contributed by atoms with E-state index < -0.39 is 0 Å². The molecular formula is C61H54N4OPt-2. The van der Waals surface area contributed by atoms with Crippen LogP contribution in [0.5, 0.6) is 11.5 Å². The Morgan fingerprint density at radius 3 is 1.90 bits per heavy atom. The molecule has 0 fully saturated rings.